The number of hydrogen-bond acceptors (Lipinski definition) is 8. The zero-order valence-corrected chi connectivity index (χ0v) is 19.9. The maximum Gasteiger partial charge on any atom is 0.434 e. The number of ether oxygens (including phenoxy) is 2. The van der Waals surface area contributed by atoms with E-state index in [9.17, 15) is 13.2 Å². The highest BCUT2D eigenvalue weighted by molar-refractivity contribution is 5.75. The average molecular weight is 512 g/mol. The normalized spacial score (nSPS) is 21.7. The second kappa shape index (κ2) is 9.27. The van der Waals surface area contributed by atoms with E-state index >= 15 is 0 Å². The molecule has 2 bridgehead atoms. The number of alkyl halides is 3. The molecule has 3 atom stereocenters. The van der Waals surface area contributed by atoms with Crippen LogP contribution >= 0.6 is 0 Å². The Balaban J connectivity index is 1.24. The summed E-state index contributed by atoms with van der Waals surface area (Å²) in [5.74, 6) is 1.31. The number of anilines is 2. The van der Waals surface area contributed by atoms with E-state index in [1.54, 1.807) is 16.8 Å². The van der Waals surface area contributed by atoms with Crippen LogP contribution in [-0.2, 0) is 10.9 Å². The Labute approximate surface area is 210 Å². The number of aryl methyl sites for hydroxylation is 1. The molecule has 6 rings (SSSR count). The number of nitrogens with zero attached hydrogens (tertiary/aromatic N) is 5. The van der Waals surface area contributed by atoms with Gasteiger partial charge in [0.05, 0.1) is 37.3 Å². The number of morpholine rings is 1. The number of piperidine rings is 1. The van der Waals surface area contributed by atoms with Crippen LogP contribution in [0.15, 0.2) is 49.1 Å². The molecule has 6 heterocycles. The molecule has 2 fully saturated rings. The van der Waals surface area contributed by atoms with Crippen molar-refractivity contribution in [3.05, 3.63) is 60.4 Å². The first kappa shape index (κ1) is 23.6. The molecule has 0 unspecified atom stereocenters. The van der Waals surface area contributed by atoms with E-state index in [1.807, 2.05) is 31.3 Å². The second-order valence-corrected chi connectivity index (χ2v) is 9.36. The lowest BCUT2D eigenvalue weighted by molar-refractivity contribution is -0.141. The smallest absolute Gasteiger partial charge is 0.434 e. The molecule has 2 aliphatic heterocycles. The second-order valence-electron chi connectivity index (χ2n) is 9.36. The number of nitrogens with one attached hydrogen (secondary N) is 2. The first-order valence-electron chi connectivity index (χ1n) is 11.9. The maximum absolute atomic E-state index is 12.7. The summed E-state index contributed by atoms with van der Waals surface area (Å²) in [4.78, 5) is 11.7. The van der Waals surface area contributed by atoms with Gasteiger partial charge in [-0.3, -0.25) is 4.98 Å². The lowest BCUT2D eigenvalue weighted by atomic mass is 9.94. The van der Waals surface area contributed by atoms with Crippen molar-refractivity contribution in [2.45, 2.75) is 44.1 Å². The fraction of sp³-hybridized carbons (Fsp3) is 0.360. The molecular weight excluding hydrogens is 487 g/mol. The summed E-state index contributed by atoms with van der Waals surface area (Å²) < 4.78 is 52.0. The Morgan fingerprint density at radius 3 is 2.57 bits per heavy atom. The standard InChI is InChI=1S/C25H24F3N7O2/c1-14-4-20(21(9-29-14)37-19-6-16-12-36-13-17(7-19)32-16)15-2-3-35-18(5-15)8-23(34-35)33-24-11-30-22(10-31-24)25(26,27)28/h2-5,8-11,16-17,19,32H,6-7,12-13H2,1H3,(H,31,33,34)/t16-,17+,19-. The summed E-state index contributed by atoms with van der Waals surface area (Å²) in [6.45, 7) is 3.33. The van der Waals surface area contributed by atoms with Crippen LogP contribution in [0.1, 0.15) is 24.2 Å². The van der Waals surface area contributed by atoms with Gasteiger partial charge in [-0.05, 0) is 30.7 Å². The van der Waals surface area contributed by atoms with Crippen LogP contribution in [0.4, 0.5) is 24.8 Å². The van der Waals surface area contributed by atoms with Crippen LogP contribution in [0.3, 0.4) is 0 Å². The number of rotatable bonds is 5. The largest absolute Gasteiger partial charge is 0.488 e. The fourth-order valence-corrected chi connectivity index (χ4v) is 4.82. The van der Waals surface area contributed by atoms with Gasteiger partial charge in [0.2, 0.25) is 0 Å². The topological polar surface area (TPSA) is 98.5 Å². The summed E-state index contributed by atoms with van der Waals surface area (Å²) in [7, 11) is 0. The molecule has 12 heteroatoms. The van der Waals surface area contributed by atoms with E-state index in [0.717, 1.165) is 47.1 Å². The number of hydrogen-bond donors (Lipinski definition) is 2. The minimum atomic E-state index is -4.54. The Hall–Kier alpha value is -3.77. The van der Waals surface area contributed by atoms with Crippen molar-refractivity contribution in [3.8, 4) is 16.9 Å². The minimum absolute atomic E-state index is 0.0720. The number of fused-ring (bicyclic) bond motifs is 3. The molecular formula is C25H24F3N7O2. The predicted molar refractivity (Wildman–Crippen MR) is 129 cm³/mol. The van der Waals surface area contributed by atoms with Crippen molar-refractivity contribution in [2.75, 3.05) is 18.5 Å². The zero-order chi connectivity index (χ0) is 25.6. The Bertz CT molecular complexity index is 1410. The van der Waals surface area contributed by atoms with E-state index in [-0.39, 0.29) is 11.9 Å². The van der Waals surface area contributed by atoms with E-state index in [4.69, 9.17) is 9.47 Å². The number of pyridine rings is 2. The Morgan fingerprint density at radius 1 is 1.03 bits per heavy atom. The quantitative estimate of drug-likeness (QED) is 0.412. The van der Waals surface area contributed by atoms with Gasteiger partial charge in [-0.25, -0.2) is 14.5 Å². The molecule has 9 nitrogen and oxygen atoms in total. The molecule has 0 saturated carbocycles. The average Bonchev–Trinajstić information content (AvgIpc) is 3.26. The highest BCUT2D eigenvalue weighted by Gasteiger charge is 2.34. The fourth-order valence-electron chi connectivity index (χ4n) is 4.82. The molecule has 4 aromatic heterocycles. The van der Waals surface area contributed by atoms with E-state index in [1.165, 1.54) is 0 Å². The van der Waals surface area contributed by atoms with Gasteiger partial charge >= 0.3 is 6.18 Å². The van der Waals surface area contributed by atoms with Gasteiger partial charge in [0, 0.05) is 48.4 Å². The Morgan fingerprint density at radius 2 is 1.84 bits per heavy atom. The van der Waals surface area contributed by atoms with Gasteiger partial charge in [-0.2, -0.15) is 18.3 Å². The van der Waals surface area contributed by atoms with Crippen molar-refractivity contribution >= 4 is 17.2 Å². The molecule has 37 heavy (non-hydrogen) atoms. The lowest BCUT2D eigenvalue weighted by Crippen LogP contribution is -2.56. The van der Waals surface area contributed by atoms with Crippen molar-refractivity contribution < 1.29 is 22.6 Å². The van der Waals surface area contributed by atoms with Crippen LogP contribution in [0, 0.1) is 6.92 Å². The monoisotopic (exact) mass is 511 g/mol. The summed E-state index contributed by atoms with van der Waals surface area (Å²) in [5.41, 5.74) is 2.47. The van der Waals surface area contributed by atoms with Gasteiger partial charge in [-0.15, -0.1) is 0 Å². The third-order valence-corrected chi connectivity index (χ3v) is 6.47. The van der Waals surface area contributed by atoms with E-state index in [2.05, 4.69) is 30.7 Å². The van der Waals surface area contributed by atoms with Crippen LogP contribution in [0.25, 0.3) is 16.6 Å². The van der Waals surface area contributed by atoms with Gasteiger partial charge in [0.15, 0.2) is 11.5 Å². The van der Waals surface area contributed by atoms with Crippen LogP contribution in [0.2, 0.25) is 0 Å². The summed E-state index contributed by atoms with van der Waals surface area (Å²) in [6, 6.07) is 8.29. The first-order valence-corrected chi connectivity index (χ1v) is 11.9. The number of halogens is 3. The lowest BCUT2D eigenvalue weighted by Gasteiger charge is -2.40. The van der Waals surface area contributed by atoms with Gasteiger partial charge < -0.3 is 20.1 Å². The third-order valence-electron chi connectivity index (χ3n) is 6.47. The summed E-state index contributed by atoms with van der Waals surface area (Å²) in [5, 5.41) is 10.9. The van der Waals surface area contributed by atoms with Crippen molar-refractivity contribution in [1.29, 1.82) is 0 Å². The van der Waals surface area contributed by atoms with E-state index < -0.39 is 11.9 Å². The van der Waals surface area contributed by atoms with E-state index in [0.29, 0.717) is 37.3 Å². The summed E-state index contributed by atoms with van der Waals surface area (Å²) >= 11 is 0. The minimum Gasteiger partial charge on any atom is -0.488 e. The highest BCUT2D eigenvalue weighted by Crippen LogP contribution is 2.34. The molecule has 0 radical (unpaired) electrons. The van der Waals surface area contributed by atoms with Crippen molar-refractivity contribution in [2.24, 2.45) is 0 Å². The Kier molecular flexibility index (Phi) is 5.92. The molecule has 2 saturated heterocycles. The van der Waals surface area contributed by atoms with Gasteiger partial charge in [0.1, 0.15) is 17.7 Å². The molecule has 2 N–H and O–H groups in total. The van der Waals surface area contributed by atoms with Crippen molar-refractivity contribution in [1.82, 2.24) is 29.9 Å². The zero-order valence-electron chi connectivity index (χ0n) is 19.9. The van der Waals surface area contributed by atoms with Gasteiger partial charge in [-0.1, -0.05) is 0 Å². The molecule has 2 aliphatic rings. The molecule has 0 aromatic carbocycles. The van der Waals surface area contributed by atoms with Crippen LogP contribution in [-0.4, -0.2) is 56.0 Å². The molecule has 4 aromatic rings. The SMILES string of the molecule is Cc1cc(-c2ccn3nc(Nc4cnc(C(F)(F)F)cn4)cc3c2)c(O[C@H]2C[C@H]3COC[C@@H](C2)N3)cn1. The predicted octanol–water partition coefficient (Wildman–Crippen LogP) is 4.16. The first-order chi connectivity index (χ1) is 17.8. The number of aromatic nitrogens is 5. The van der Waals surface area contributed by atoms with Crippen LogP contribution in [0.5, 0.6) is 5.75 Å². The molecule has 0 spiro atoms. The van der Waals surface area contributed by atoms with Gasteiger partial charge in [0.25, 0.3) is 0 Å². The highest BCUT2D eigenvalue weighted by atomic mass is 19.4. The summed E-state index contributed by atoms with van der Waals surface area (Å²) in [6.07, 6.45) is 2.58. The molecule has 0 aliphatic carbocycles. The third kappa shape index (κ3) is 5.07. The maximum atomic E-state index is 12.7. The van der Waals surface area contributed by atoms with Crippen molar-refractivity contribution in [3.63, 3.8) is 0 Å². The molecule has 0 amide bonds. The molecule has 192 valence electrons. The van der Waals surface area contributed by atoms with Crippen LogP contribution < -0.4 is 15.4 Å².